The summed E-state index contributed by atoms with van der Waals surface area (Å²) in [4.78, 5) is 21.5. The minimum Gasteiger partial charge on any atom is -0.463 e. The van der Waals surface area contributed by atoms with E-state index in [1.807, 2.05) is 42.5 Å². The highest BCUT2D eigenvalue weighted by atomic mass is 32.2. The summed E-state index contributed by atoms with van der Waals surface area (Å²) in [7, 11) is -3.15. The molecule has 1 N–H and O–H groups in total. The molecule has 1 aromatic carbocycles. The first kappa shape index (κ1) is 24.7. The molecule has 1 unspecified atom stereocenters. The van der Waals surface area contributed by atoms with Crippen LogP contribution >= 0.6 is 0 Å². The zero-order valence-electron chi connectivity index (χ0n) is 20.9. The maximum Gasteiger partial charge on any atom is 0.255 e. The SMILES string of the molecule is O=C(Nc1cccnc1)c1cccc(Cc2c(-c3ccccn3)nn(C3CCS(=O)(=O)C3)c2-c2ccco2)c1. The number of hydrogen-bond acceptors (Lipinski definition) is 7. The molecule has 5 aromatic rings. The van der Waals surface area contributed by atoms with Crippen molar-refractivity contribution < 1.29 is 17.6 Å². The molecule has 0 spiro atoms. The second-order valence-corrected chi connectivity index (χ2v) is 11.7. The van der Waals surface area contributed by atoms with Gasteiger partial charge in [-0.2, -0.15) is 5.10 Å². The van der Waals surface area contributed by atoms with Gasteiger partial charge in [-0.15, -0.1) is 0 Å². The Kier molecular flexibility index (Phi) is 6.54. The van der Waals surface area contributed by atoms with Gasteiger partial charge in [-0.3, -0.25) is 19.4 Å². The van der Waals surface area contributed by atoms with Gasteiger partial charge in [0.25, 0.3) is 5.91 Å². The zero-order chi connectivity index (χ0) is 26.8. The lowest BCUT2D eigenvalue weighted by atomic mass is 9.98. The third-order valence-electron chi connectivity index (χ3n) is 6.71. The molecule has 0 saturated carbocycles. The van der Waals surface area contributed by atoms with Crippen molar-refractivity contribution in [3.8, 4) is 22.8 Å². The third-order valence-corrected chi connectivity index (χ3v) is 8.46. The molecule has 0 aliphatic carbocycles. The molecule has 9 nitrogen and oxygen atoms in total. The Hall–Kier alpha value is -4.57. The second kappa shape index (κ2) is 10.3. The molecule has 1 atom stereocenters. The molecule has 6 rings (SSSR count). The lowest BCUT2D eigenvalue weighted by Crippen LogP contribution is -2.14. The number of anilines is 1. The first-order chi connectivity index (χ1) is 19.0. The molecular formula is C29H25N5O4S. The van der Waals surface area contributed by atoms with Gasteiger partial charge >= 0.3 is 0 Å². The van der Waals surface area contributed by atoms with Crippen molar-refractivity contribution in [2.24, 2.45) is 0 Å². The molecular weight excluding hydrogens is 514 g/mol. The summed E-state index contributed by atoms with van der Waals surface area (Å²) in [5.74, 6) is 0.493. The second-order valence-electron chi connectivity index (χ2n) is 9.44. The minimum absolute atomic E-state index is 0.0213. The molecule has 1 aliphatic heterocycles. The summed E-state index contributed by atoms with van der Waals surface area (Å²) in [6.45, 7) is 0. The van der Waals surface area contributed by atoms with Crippen molar-refractivity contribution in [1.29, 1.82) is 0 Å². The molecule has 196 valence electrons. The van der Waals surface area contributed by atoms with E-state index >= 15 is 0 Å². The van der Waals surface area contributed by atoms with Gasteiger partial charge in [-0.25, -0.2) is 8.42 Å². The number of carbonyl (C=O) groups excluding carboxylic acids is 1. The number of nitrogens with zero attached hydrogens (tertiary/aromatic N) is 4. The van der Waals surface area contributed by atoms with Gasteiger partial charge in [0.15, 0.2) is 15.6 Å². The topological polar surface area (TPSA) is 120 Å². The molecule has 5 heterocycles. The van der Waals surface area contributed by atoms with Crippen molar-refractivity contribution in [3.05, 3.63) is 108 Å². The highest BCUT2D eigenvalue weighted by molar-refractivity contribution is 7.91. The Morgan fingerprint density at radius 3 is 2.69 bits per heavy atom. The van der Waals surface area contributed by atoms with Gasteiger partial charge in [0, 0.05) is 29.9 Å². The smallest absolute Gasteiger partial charge is 0.255 e. The van der Waals surface area contributed by atoms with Crippen LogP contribution in [0.2, 0.25) is 0 Å². The molecule has 0 bridgehead atoms. The predicted octanol–water partition coefficient (Wildman–Crippen LogP) is 4.80. The van der Waals surface area contributed by atoms with Crippen LogP contribution in [0.15, 0.2) is 96.0 Å². The third kappa shape index (κ3) is 5.23. The fourth-order valence-corrected chi connectivity index (χ4v) is 6.61. The van der Waals surface area contributed by atoms with Gasteiger partial charge in [0.05, 0.1) is 41.4 Å². The quantitative estimate of drug-likeness (QED) is 0.315. The number of hydrogen-bond donors (Lipinski definition) is 1. The predicted molar refractivity (Wildman–Crippen MR) is 147 cm³/mol. The minimum atomic E-state index is -3.15. The Morgan fingerprint density at radius 1 is 1.05 bits per heavy atom. The zero-order valence-corrected chi connectivity index (χ0v) is 21.7. The van der Waals surface area contributed by atoms with Gasteiger partial charge in [-0.1, -0.05) is 18.2 Å². The van der Waals surface area contributed by atoms with Gasteiger partial charge in [0.2, 0.25) is 0 Å². The van der Waals surface area contributed by atoms with Gasteiger partial charge in [-0.05, 0) is 60.5 Å². The molecule has 1 fully saturated rings. The lowest BCUT2D eigenvalue weighted by Gasteiger charge is -2.13. The fourth-order valence-electron chi connectivity index (χ4n) is 4.92. The van der Waals surface area contributed by atoms with E-state index in [2.05, 4.69) is 15.3 Å². The molecule has 1 amide bonds. The van der Waals surface area contributed by atoms with E-state index in [9.17, 15) is 13.2 Å². The van der Waals surface area contributed by atoms with Crippen molar-refractivity contribution in [1.82, 2.24) is 19.7 Å². The largest absolute Gasteiger partial charge is 0.463 e. The summed E-state index contributed by atoms with van der Waals surface area (Å²) in [5.41, 5.74) is 4.88. The Labute approximate surface area is 225 Å². The van der Waals surface area contributed by atoms with Crippen LogP contribution in [0.4, 0.5) is 5.69 Å². The van der Waals surface area contributed by atoms with E-state index in [1.165, 1.54) is 0 Å². The first-order valence-corrected chi connectivity index (χ1v) is 14.4. The molecule has 1 saturated heterocycles. The van der Waals surface area contributed by atoms with Crippen molar-refractivity contribution >= 4 is 21.4 Å². The Bertz CT molecular complexity index is 1720. The van der Waals surface area contributed by atoms with Crippen LogP contribution in [0.1, 0.15) is 33.9 Å². The maximum atomic E-state index is 13.0. The van der Waals surface area contributed by atoms with Crippen molar-refractivity contribution in [3.63, 3.8) is 0 Å². The van der Waals surface area contributed by atoms with Crippen molar-refractivity contribution in [2.45, 2.75) is 18.9 Å². The van der Waals surface area contributed by atoms with Gasteiger partial charge in [0.1, 0.15) is 11.4 Å². The summed E-state index contributed by atoms with van der Waals surface area (Å²) in [5, 5.41) is 7.81. The number of sulfone groups is 1. The average Bonchev–Trinajstić information content (AvgIpc) is 3.69. The van der Waals surface area contributed by atoms with E-state index in [1.54, 1.807) is 53.8 Å². The van der Waals surface area contributed by atoms with Crippen LogP contribution in [0.3, 0.4) is 0 Å². The van der Waals surface area contributed by atoms with Crippen LogP contribution < -0.4 is 5.32 Å². The number of carbonyl (C=O) groups is 1. The number of amides is 1. The van der Waals surface area contributed by atoms with Gasteiger partial charge < -0.3 is 9.73 Å². The molecule has 10 heteroatoms. The number of rotatable bonds is 7. The van der Waals surface area contributed by atoms with Crippen LogP contribution in [-0.4, -0.2) is 45.6 Å². The van der Waals surface area contributed by atoms with E-state index in [0.717, 1.165) is 11.1 Å². The van der Waals surface area contributed by atoms with Crippen molar-refractivity contribution in [2.75, 3.05) is 16.8 Å². The fraction of sp³-hybridized carbons (Fsp3) is 0.172. The summed E-state index contributed by atoms with van der Waals surface area (Å²) >= 11 is 0. The molecule has 0 radical (unpaired) electrons. The molecule has 1 aliphatic rings. The normalized spacial score (nSPS) is 16.3. The van der Waals surface area contributed by atoms with E-state index in [-0.39, 0.29) is 23.5 Å². The summed E-state index contributed by atoms with van der Waals surface area (Å²) < 4.78 is 32.4. The first-order valence-electron chi connectivity index (χ1n) is 12.5. The average molecular weight is 540 g/mol. The van der Waals surface area contributed by atoms with Crippen LogP contribution in [0, 0.1) is 0 Å². The van der Waals surface area contributed by atoms with Crippen LogP contribution in [0.5, 0.6) is 0 Å². The Morgan fingerprint density at radius 2 is 1.97 bits per heavy atom. The van der Waals surface area contributed by atoms with E-state index < -0.39 is 9.84 Å². The molecule has 39 heavy (non-hydrogen) atoms. The number of nitrogens with one attached hydrogen (secondary N) is 1. The maximum absolute atomic E-state index is 13.0. The van der Waals surface area contributed by atoms with E-state index in [0.29, 0.717) is 46.9 Å². The summed E-state index contributed by atoms with van der Waals surface area (Å²) in [6, 6.07) is 19.9. The number of aromatic nitrogens is 4. The lowest BCUT2D eigenvalue weighted by molar-refractivity contribution is 0.102. The highest BCUT2D eigenvalue weighted by Gasteiger charge is 2.34. The number of pyridine rings is 2. The number of furan rings is 1. The monoisotopic (exact) mass is 539 g/mol. The number of benzene rings is 1. The van der Waals surface area contributed by atoms with Crippen LogP contribution in [-0.2, 0) is 16.3 Å². The summed E-state index contributed by atoms with van der Waals surface area (Å²) in [6.07, 6.45) is 7.43. The Balaban J connectivity index is 1.43. The van der Waals surface area contributed by atoms with E-state index in [4.69, 9.17) is 9.52 Å². The molecule has 4 aromatic heterocycles. The highest BCUT2D eigenvalue weighted by Crippen LogP contribution is 2.38. The van der Waals surface area contributed by atoms with Crippen LogP contribution in [0.25, 0.3) is 22.8 Å². The standard InChI is InChI=1S/C29H25N5O4S/c35-29(32-22-8-4-12-30-18-22)21-7-3-6-20(16-21)17-24-27(25-9-1-2-13-31-25)33-34(23-11-15-39(36,37)19-23)28(24)26-10-5-14-38-26/h1-10,12-14,16,18,23H,11,15,17,19H2,(H,32,35).